The van der Waals surface area contributed by atoms with Crippen molar-refractivity contribution in [2.24, 2.45) is 0 Å². The largest absolute Gasteiger partial charge is 0.320 e. The zero-order chi connectivity index (χ0) is 14.8. The topological polar surface area (TPSA) is 42.0 Å². The van der Waals surface area contributed by atoms with Crippen LogP contribution in [0.4, 0.5) is 5.69 Å². The van der Waals surface area contributed by atoms with E-state index in [2.05, 4.69) is 26.2 Å². The highest BCUT2D eigenvalue weighted by atomic mass is 79.9. The average molecular weight is 341 g/mol. The lowest BCUT2D eigenvalue weighted by Gasteiger charge is -2.10. The highest BCUT2D eigenvalue weighted by molar-refractivity contribution is 9.10. The van der Waals surface area contributed by atoms with Crippen molar-refractivity contribution in [1.82, 2.24) is 4.98 Å². The van der Waals surface area contributed by atoms with E-state index in [9.17, 15) is 4.79 Å². The molecule has 0 radical (unpaired) electrons. The van der Waals surface area contributed by atoms with Crippen LogP contribution >= 0.6 is 15.9 Å². The summed E-state index contributed by atoms with van der Waals surface area (Å²) in [4.78, 5) is 16.6. The number of nitrogens with one attached hydrogen (secondary N) is 1. The van der Waals surface area contributed by atoms with E-state index < -0.39 is 0 Å². The van der Waals surface area contributed by atoms with E-state index in [-0.39, 0.29) is 5.91 Å². The van der Waals surface area contributed by atoms with Crippen molar-refractivity contribution in [3.63, 3.8) is 0 Å². The molecule has 3 nitrogen and oxygen atoms in total. The van der Waals surface area contributed by atoms with Crippen LogP contribution in [0.3, 0.4) is 0 Å². The van der Waals surface area contributed by atoms with Crippen molar-refractivity contribution in [2.45, 2.75) is 6.92 Å². The van der Waals surface area contributed by atoms with Crippen LogP contribution in [-0.4, -0.2) is 10.9 Å². The number of rotatable bonds is 2. The van der Waals surface area contributed by atoms with Gasteiger partial charge in [0.25, 0.3) is 5.91 Å². The summed E-state index contributed by atoms with van der Waals surface area (Å²) in [7, 11) is 0. The van der Waals surface area contributed by atoms with E-state index in [1.807, 2.05) is 55.5 Å². The number of nitrogens with zero attached hydrogens (tertiary/aromatic N) is 1. The highest BCUT2D eigenvalue weighted by Gasteiger charge is 2.10. The number of halogens is 1. The second-order valence-corrected chi connectivity index (χ2v) is 5.61. The summed E-state index contributed by atoms with van der Waals surface area (Å²) in [6.07, 6.45) is 0. The third-order valence-corrected chi connectivity index (χ3v) is 3.93. The van der Waals surface area contributed by atoms with Crippen LogP contribution in [-0.2, 0) is 0 Å². The molecule has 0 saturated heterocycles. The maximum atomic E-state index is 12.3. The first-order chi connectivity index (χ1) is 10.1. The van der Waals surface area contributed by atoms with Crippen molar-refractivity contribution < 1.29 is 4.79 Å². The number of pyridine rings is 1. The summed E-state index contributed by atoms with van der Waals surface area (Å²) in [5.41, 5.74) is 2.02. The van der Waals surface area contributed by atoms with Crippen LogP contribution in [0.15, 0.2) is 59.1 Å². The lowest BCUT2D eigenvalue weighted by atomic mass is 10.1. The Hall–Kier alpha value is -2.20. The van der Waals surface area contributed by atoms with Crippen LogP contribution in [0.1, 0.15) is 16.2 Å². The fraction of sp³-hybridized carbons (Fsp3) is 0.0588. The Morgan fingerprint density at radius 1 is 1.00 bits per heavy atom. The van der Waals surface area contributed by atoms with Gasteiger partial charge in [-0.2, -0.15) is 0 Å². The van der Waals surface area contributed by atoms with Crippen LogP contribution < -0.4 is 5.32 Å². The molecule has 0 aliphatic rings. The van der Waals surface area contributed by atoms with Gasteiger partial charge in [0.1, 0.15) is 5.69 Å². The molecule has 4 heteroatoms. The number of fused-ring (bicyclic) bond motifs is 1. The van der Waals surface area contributed by atoms with E-state index in [1.165, 1.54) is 0 Å². The Morgan fingerprint density at radius 3 is 2.52 bits per heavy atom. The van der Waals surface area contributed by atoms with Crippen LogP contribution in [0.5, 0.6) is 0 Å². The van der Waals surface area contributed by atoms with Gasteiger partial charge in [0.15, 0.2) is 0 Å². The van der Waals surface area contributed by atoms with E-state index >= 15 is 0 Å². The number of hydrogen-bond donors (Lipinski definition) is 1. The molecule has 1 N–H and O–H groups in total. The number of anilines is 1. The van der Waals surface area contributed by atoms with Crippen molar-refractivity contribution in [2.75, 3.05) is 5.32 Å². The summed E-state index contributed by atoms with van der Waals surface area (Å²) in [6.45, 7) is 1.87. The minimum atomic E-state index is -0.203. The molecule has 0 aliphatic heterocycles. The van der Waals surface area contributed by atoms with Gasteiger partial charge < -0.3 is 5.32 Å². The molecule has 1 aromatic heterocycles. The summed E-state index contributed by atoms with van der Waals surface area (Å²) in [6, 6.07) is 17.2. The quantitative estimate of drug-likeness (QED) is 0.743. The number of benzene rings is 2. The number of amides is 1. The van der Waals surface area contributed by atoms with Gasteiger partial charge in [0.2, 0.25) is 0 Å². The number of hydrogen-bond acceptors (Lipinski definition) is 2. The molecule has 0 unspecified atom stereocenters. The molecule has 21 heavy (non-hydrogen) atoms. The number of carbonyl (C=O) groups is 1. The molecule has 0 fully saturated rings. The lowest BCUT2D eigenvalue weighted by molar-refractivity contribution is 0.102. The summed E-state index contributed by atoms with van der Waals surface area (Å²) in [5.74, 6) is -0.203. The van der Waals surface area contributed by atoms with Gasteiger partial charge in [-0.25, -0.2) is 4.98 Å². The Labute approximate surface area is 131 Å². The maximum Gasteiger partial charge on any atom is 0.274 e. The van der Waals surface area contributed by atoms with Crippen LogP contribution in [0.2, 0.25) is 0 Å². The predicted molar refractivity (Wildman–Crippen MR) is 88.6 cm³/mol. The lowest BCUT2D eigenvalue weighted by Crippen LogP contribution is -2.14. The molecule has 0 aliphatic carbocycles. The highest BCUT2D eigenvalue weighted by Crippen LogP contribution is 2.30. The standard InChI is InChI=1S/C17H13BrN2O/c1-11-5-4-8-16(19-11)17(21)20-15-10-9-14(18)12-6-2-3-7-13(12)15/h2-10H,1H3,(H,20,21). The minimum Gasteiger partial charge on any atom is -0.320 e. The molecule has 0 spiro atoms. The summed E-state index contributed by atoms with van der Waals surface area (Å²) in [5, 5.41) is 4.99. The first-order valence-corrected chi connectivity index (χ1v) is 7.37. The average Bonchev–Trinajstić information content (AvgIpc) is 2.50. The second-order valence-electron chi connectivity index (χ2n) is 4.76. The Kier molecular flexibility index (Phi) is 3.71. The predicted octanol–water partition coefficient (Wildman–Crippen LogP) is 4.56. The monoisotopic (exact) mass is 340 g/mol. The molecule has 104 valence electrons. The van der Waals surface area contributed by atoms with Gasteiger partial charge in [-0.3, -0.25) is 4.79 Å². The first kappa shape index (κ1) is 13.8. The fourth-order valence-corrected chi connectivity index (χ4v) is 2.71. The van der Waals surface area contributed by atoms with E-state index in [0.29, 0.717) is 5.69 Å². The smallest absolute Gasteiger partial charge is 0.274 e. The molecular weight excluding hydrogens is 328 g/mol. The number of aromatic nitrogens is 1. The number of carbonyl (C=O) groups excluding carboxylic acids is 1. The van der Waals surface area contributed by atoms with Gasteiger partial charge in [-0.05, 0) is 36.6 Å². The Bertz CT molecular complexity index is 830. The van der Waals surface area contributed by atoms with Crippen molar-refractivity contribution in [3.8, 4) is 0 Å². The van der Waals surface area contributed by atoms with Crippen molar-refractivity contribution >= 4 is 38.3 Å². The van der Waals surface area contributed by atoms with Gasteiger partial charge in [0.05, 0.1) is 0 Å². The summed E-state index contributed by atoms with van der Waals surface area (Å²) >= 11 is 3.53. The van der Waals surface area contributed by atoms with Gasteiger partial charge in [-0.1, -0.05) is 46.3 Å². The Morgan fingerprint density at radius 2 is 1.76 bits per heavy atom. The molecule has 3 rings (SSSR count). The molecule has 2 aromatic carbocycles. The third-order valence-electron chi connectivity index (χ3n) is 3.24. The molecular formula is C17H13BrN2O. The van der Waals surface area contributed by atoms with Crippen LogP contribution in [0, 0.1) is 6.92 Å². The number of aryl methyl sites for hydroxylation is 1. The molecule has 1 amide bonds. The van der Waals surface area contributed by atoms with Crippen LogP contribution in [0.25, 0.3) is 10.8 Å². The Balaban J connectivity index is 1.99. The molecule has 1 heterocycles. The van der Waals surface area contributed by atoms with Crippen molar-refractivity contribution in [3.05, 3.63) is 70.5 Å². The fourth-order valence-electron chi connectivity index (χ4n) is 2.23. The molecule has 3 aromatic rings. The maximum absolute atomic E-state index is 12.3. The van der Waals surface area contributed by atoms with Crippen molar-refractivity contribution in [1.29, 1.82) is 0 Å². The second kappa shape index (κ2) is 5.66. The molecule has 0 atom stereocenters. The van der Waals surface area contributed by atoms with E-state index in [1.54, 1.807) is 6.07 Å². The molecule has 0 bridgehead atoms. The first-order valence-electron chi connectivity index (χ1n) is 6.57. The zero-order valence-corrected chi connectivity index (χ0v) is 13.0. The summed E-state index contributed by atoms with van der Waals surface area (Å²) < 4.78 is 1.00. The van der Waals surface area contributed by atoms with E-state index in [4.69, 9.17) is 0 Å². The van der Waals surface area contributed by atoms with Gasteiger partial charge in [-0.15, -0.1) is 0 Å². The minimum absolute atomic E-state index is 0.203. The van der Waals surface area contributed by atoms with Gasteiger partial charge >= 0.3 is 0 Å². The van der Waals surface area contributed by atoms with Gasteiger partial charge in [0, 0.05) is 21.2 Å². The molecule has 0 saturated carbocycles. The zero-order valence-electron chi connectivity index (χ0n) is 11.4. The normalized spacial score (nSPS) is 10.6. The third kappa shape index (κ3) is 2.81. The SMILES string of the molecule is Cc1cccc(C(=O)Nc2ccc(Br)c3ccccc23)n1. The van der Waals surface area contributed by atoms with E-state index in [0.717, 1.165) is 26.6 Å².